The molecular formula is C8H11F2NO4. The van der Waals surface area contributed by atoms with Crippen LogP contribution in [0.2, 0.25) is 0 Å². The molecule has 0 aromatic rings. The zero-order valence-electron chi connectivity index (χ0n) is 8.29. The van der Waals surface area contributed by atoms with Gasteiger partial charge in [-0.05, 0) is 6.92 Å². The number of carboxylic acids is 1. The van der Waals surface area contributed by atoms with E-state index in [0.717, 1.165) is 14.0 Å². The van der Waals surface area contributed by atoms with Gasteiger partial charge in [-0.25, -0.2) is 18.4 Å². The van der Waals surface area contributed by atoms with Gasteiger partial charge < -0.3 is 9.84 Å². The number of carboxylic acid groups (broad SMARTS) is 1. The molecular weight excluding hydrogens is 212 g/mol. The van der Waals surface area contributed by atoms with Crippen molar-refractivity contribution in [2.45, 2.75) is 24.8 Å². The number of halogens is 2. The maximum Gasteiger partial charge on any atom is 0.410 e. The third kappa shape index (κ3) is 1.86. The smallest absolute Gasteiger partial charge is 0.410 e. The molecule has 0 radical (unpaired) electrons. The minimum atomic E-state index is -3.19. The standard InChI is InChI=1S/C8H11F2NO4/c1-7(5(12)13)3-8(9,10)4-11(7)6(14)15-2/h3-4H2,1-2H3,(H,12,13). The second-order valence-corrected chi connectivity index (χ2v) is 3.67. The zero-order chi connectivity index (χ0) is 11.9. The van der Waals surface area contributed by atoms with E-state index in [2.05, 4.69) is 4.74 Å². The van der Waals surface area contributed by atoms with Crippen LogP contribution in [0.5, 0.6) is 0 Å². The summed E-state index contributed by atoms with van der Waals surface area (Å²) in [5.41, 5.74) is -1.91. The van der Waals surface area contributed by atoms with Crippen molar-refractivity contribution < 1.29 is 28.2 Å². The van der Waals surface area contributed by atoms with Crippen molar-refractivity contribution in [1.29, 1.82) is 0 Å². The molecule has 0 bridgehead atoms. The van der Waals surface area contributed by atoms with Gasteiger partial charge in [0.25, 0.3) is 5.92 Å². The molecule has 15 heavy (non-hydrogen) atoms. The van der Waals surface area contributed by atoms with Gasteiger partial charge in [0.2, 0.25) is 0 Å². The predicted molar refractivity (Wildman–Crippen MR) is 44.7 cm³/mol. The molecule has 1 N–H and O–H groups in total. The van der Waals surface area contributed by atoms with Crippen LogP contribution >= 0.6 is 0 Å². The van der Waals surface area contributed by atoms with Crippen LogP contribution in [-0.4, -0.2) is 47.2 Å². The molecule has 0 aliphatic carbocycles. The van der Waals surface area contributed by atoms with Crippen molar-refractivity contribution in [3.05, 3.63) is 0 Å². The summed E-state index contributed by atoms with van der Waals surface area (Å²) in [5.74, 6) is -4.66. The number of hydrogen-bond acceptors (Lipinski definition) is 3. The lowest BCUT2D eigenvalue weighted by atomic mass is 9.98. The number of rotatable bonds is 1. The summed E-state index contributed by atoms with van der Waals surface area (Å²) in [5, 5.41) is 8.84. The fourth-order valence-corrected chi connectivity index (χ4v) is 1.63. The highest BCUT2D eigenvalue weighted by Gasteiger charge is 2.58. The number of nitrogens with zero attached hydrogens (tertiary/aromatic N) is 1. The lowest BCUT2D eigenvalue weighted by Gasteiger charge is -2.28. The minimum absolute atomic E-state index is 0.537. The number of hydrogen-bond donors (Lipinski definition) is 1. The number of aliphatic carboxylic acids is 1. The Balaban J connectivity index is 3.04. The lowest BCUT2D eigenvalue weighted by Crippen LogP contribution is -2.50. The third-order valence-corrected chi connectivity index (χ3v) is 2.44. The number of amides is 1. The Morgan fingerprint density at radius 3 is 2.40 bits per heavy atom. The van der Waals surface area contributed by atoms with Gasteiger partial charge in [-0.2, -0.15) is 0 Å². The van der Waals surface area contributed by atoms with Crippen molar-refractivity contribution in [2.75, 3.05) is 13.7 Å². The highest BCUT2D eigenvalue weighted by atomic mass is 19.3. The monoisotopic (exact) mass is 223 g/mol. The second kappa shape index (κ2) is 3.32. The molecule has 0 aromatic heterocycles. The normalized spacial score (nSPS) is 28.9. The molecule has 1 rings (SSSR count). The summed E-state index contributed by atoms with van der Waals surface area (Å²) in [4.78, 5) is 22.5. The number of alkyl halides is 2. The second-order valence-electron chi connectivity index (χ2n) is 3.67. The molecule has 1 fully saturated rings. The van der Waals surface area contributed by atoms with Crippen LogP contribution < -0.4 is 0 Å². The molecule has 5 nitrogen and oxygen atoms in total. The number of likely N-dealkylation sites (tertiary alicyclic amines) is 1. The van der Waals surface area contributed by atoms with Gasteiger partial charge in [0.1, 0.15) is 5.54 Å². The third-order valence-electron chi connectivity index (χ3n) is 2.44. The summed E-state index contributed by atoms with van der Waals surface area (Å²) < 4.78 is 30.3. The van der Waals surface area contributed by atoms with Gasteiger partial charge in [-0.15, -0.1) is 0 Å². The van der Waals surface area contributed by atoms with Crippen molar-refractivity contribution >= 4 is 12.1 Å². The first kappa shape index (κ1) is 11.7. The van der Waals surface area contributed by atoms with E-state index >= 15 is 0 Å². The van der Waals surface area contributed by atoms with E-state index in [9.17, 15) is 18.4 Å². The van der Waals surface area contributed by atoms with Crippen LogP contribution in [-0.2, 0) is 9.53 Å². The first-order chi connectivity index (χ1) is 6.73. The van der Waals surface area contributed by atoms with Crippen molar-refractivity contribution in [1.82, 2.24) is 4.90 Å². The van der Waals surface area contributed by atoms with Crippen LogP contribution in [0.1, 0.15) is 13.3 Å². The average Bonchev–Trinajstić information content (AvgIpc) is 2.36. The van der Waals surface area contributed by atoms with Gasteiger partial charge >= 0.3 is 12.1 Å². The van der Waals surface area contributed by atoms with Crippen LogP contribution in [0.25, 0.3) is 0 Å². The Morgan fingerprint density at radius 2 is 2.00 bits per heavy atom. The first-order valence-corrected chi connectivity index (χ1v) is 4.20. The maximum atomic E-state index is 13.0. The molecule has 0 spiro atoms. The van der Waals surface area contributed by atoms with Crippen LogP contribution in [0.15, 0.2) is 0 Å². The van der Waals surface area contributed by atoms with E-state index in [4.69, 9.17) is 5.11 Å². The molecule has 7 heteroatoms. The molecule has 1 heterocycles. The summed E-state index contributed by atoms with van der Waals surface area (Å²) >= 11 is 0. The lowest BCUT2D eigenvalue weighted by molar-refractivity contribution is -0.148. The number of methoxy groups -OCH3 is 1. The van der Waals surface area contributed by atoms with Gasteiger partial charge in [0, 0.05) is 6.42 Å². The molecule has 86 valence electrons. The summed E-state index contributed by atoms with van der Waals surface area (Å²) in [6.45, 7) is 0.148. The van der Waals surface area contributed by atoms with Crippen LogP contribution in [0.3, 0.4) is 0 Å². The molecule has 0 aromatic carbocycles. The number of carbonyl (C=O) groups excluding carboxylic acids is 1. The van der Waals surface area contributed by atoms with E-state index in [1.54, 1.807) is 0 Å². The van der Waals surface area contributed by atoms with E-state index in [-0.39, 0.29) is 0 Å². The van der Waals surface area contributed by atoms with Crippen LogP contribution in [0, 0.1) is 0 Å². The predicted octanol–water partition coefficient (Wildman–Crippen LogP) is 0.937. The van der Waals surface area contributed by atoms with E-state index in [1.807, 2.05) is 0 Å². The SMILES string of the molecule is COC(=O)N1CC(F)(F)CC1(C)C(=O)O. The number of ether oxygens (including phenoxy) is 1. The summed E-state index contributed by atoms with van der Waals surface area (Å²) in [6, 6.07) is 0. The molecule has 1 aliphatic rings. The highest BCUT2D eigenvalue weighted by Crippen LogP contribution is 2.39. The Morgan fingerprint density at radius 1 is 1.47 bits per heavy atom. The van der Waals surface area contributed by atoms with Crippen LogP contribution in [0.4, 0.5) is 13.6 Å². The van der Waals surface area contributed by atoms with Gasteiger partial charge in [0.05, 0.1) is 13.7 Å². The highest BCUT2D eigenvalue weighted by molar-refractivity contribution is 5.85. The van der Waals surface area contributed by atoms with Gasteiger partial charge in [-0.3, -0.25) is 4.90 Å². The molecule has 1 unspecified atom stereocenters. The van der Waals surface area contributed by atoms with E-state index in [1.165, 1.54) is 0 Å². The molecule has 1 atom stereocenters. The molecule has 1 amide bonds. The van der Waals surface area contributed by atoms with Crippen molar-refractivity contribution in [3.8, 4) is 0 Å². The maximum absolute atomic E-state index is 13.0. The zero-order valence-corrected chi connectivity index (χ0v) is 8.29. The van der Waals surface area contributed by atoms with E-state index < -0.39 is 36.5 Å². The first-order valence-electron chi connectivity index (χ1n) is 4.20. The fraction of sp³-hybridized carbons (Fsp3) is 0.750. The van der Waals surface area contributed by atoms with Gasteiger partial charge in [-0.1, -0.05) is 0 Å². The average molecular weight is 223 g/mol. The molecule has 0 saturated carbocycles. The molecule has 1 saturated heterocycles. The van der Waals surface area contributed by atoms with E-state index in [0.29, 0.717) is 4.90 Å². The number of carbonyl (C=O) groups is 2. The van der Waals surface area contributed by atoms with Crippen molar-refractivity contribution in [2.24, 2.45) is 0 Å². The quantitative estimate of drug-likeness (QED) is 0.718. The summed E-state index contributed by atoms with van der Waals surface area (Å²) in [6.07, 6.45) is -1.96. The molecule has 1 aliphatic heterocycles. The fourth-order valence-electron chi connectivity index (χ4n) is 1.63. The Labute approximate surface area is 84.6 Å². The van der Waals surface area contributed by atoms with Crippen molar-refractivity contribution in [3.63, 3.8) is 0 Å². The topological polar surface area (TPSA) is 66.8 Å². The Bertz CT molecular complexity index is 307. The van der Waals surface area contributed by atoms with Gasteiger partial charge in [0.15, 0.2) is 0 Å². The largest absolute Gasteiger partial charge is 0.480 e. The minimum Gasteiger partial charge on any atom is -0.480 e. The Hall–Kier alpha value is -1.40. The summed E-state index contributed by atoms with van der Waals surface area (Å²) in [7, 11) is 1.01. The Kier molecular flexibility index (Phi) is 2.58.